The van der Waals surface area contributed by atoms with Gasteiger partial charge in [-0.15, -0.1) is 0 Å². The number of rotatable bonds is 4. The Bertz CT molecular complexity index is 656. The number of allylic oxidation sites excluding steroid dienone is 6. The zero-order valence-electron chi connectivity index (χ0n) is 19.5. The molecule has 0 saturated heterocycles. The Hall–Kier alpha value is -0.780. The van der Waals surface area contributed by atoms with Crippen molar-refractivity contribution in [1.82, 2.24) is 0 Å². The molecule has 7 unspecified atom stereocenters. The molecular formula is C27H44. The quantitative estimate of drug-likeness (QED) is 0.438. The highest BCUT2D eigenvalue weighted by Gasteiger charge is 2.43. The van der Waals surface area contributed by atoms with E-state index in [1.54, 1.807) is 11.1 Å². The Morgan fingerprint density at radius 3 is 1.74 bits per heavy atom. The van der Waals surface area contributed by atoms with E-state index in [-0.39, 0.29) is 0 Å². The molecular weight excluding hydrogens is 324 g/mol. The van der Waals surface area contributed by atoms with E-state index in [1.807, 2.05) is 16.7 Å². The van der Waals surface area contributed by atoms with Gasteiger partial charge in [-0.05, 0) is 66.6 Å². The highest BCUT2D eigenvalue weighted by Crippen LogP contribution is 2.55. The minimum absolute atomic E-state index is 0.614. The molecule has 152 valence electrons. The van der Waals surface area contributed by atoms with Crippen molar-refractivity contribution in [1.29, 1.82) is 0 Å². The maximum atomic E-state index is 2.67. The molecule has 0 spiro atoms. The van der Waals surface area contributed by atoms with Crippen LogP contribution >= 0.6 is 0 Å². The van der Waals surface area contributed by atoms with Crippen molar-refractivity contribution >= 4 is 0 Å². The Morgan fingerprint density at radius 2 is 1.22 bits per heavy atom. The maximum absolute atomic E-state index is 2.67. The van der Waals surface area contributed by atoms with Gasteiger partial charge in [0, 0.05) is 0 Å². The highest BCUT2D eigenvalue weighted by atomic mass is 14.5. The molecule has 7 atom stereocenters. The molecule has 0 aromatic carbocycles. The largest absolute Gasteiger partial charge is 0.0775 e. The van der Waals surface area contributed by atoms with Crippen LogP contribution in [0.15, 0.2) is 33.9 Å². The summed E-state index contributed by atoms with van der Waals surface area (Å²) >= 11 is 0. The molecule has 3 aliphatic carbocycles. The zero-order valence-corrected chi connectivity index (χ0v) is 19.5. The lowest BCUT2D eigenvalue weighted by molar-refractivity contribution is 0.362. The predicted octanol–water partition coefficient (Wildman–Crippen LogP) is 8.22. The third kappa shape index (κ3) is 3.63. The Kier molecular flexibility index (Phi) is 6.14. The minimum Gasteiger partial charge on any atom is -0.0775 e. The van der Waals surface area contributed by atoms with E-state index in [2.05, 4.69) is 68.4 Å². The first-order chi connectivity index (χ1) is 12.6. The molecule has 0 aliphatic heterocycles. The molecule has 0 radical (unpaired) electrons. The first kappa shape index (κ1) is 20.9. The van der Waals surface area contributed by atoms with Crippen LogP contribution in [0.4, 0.5) is 0 Å². The van der Waals surface area contributed by atoms with Crippen LogP contribution in [0, 0.1) is 47.3 Å². The summed E-state index contributed by atoms with van der Waals surface area (Å²) in [5.41, 5.74) is 8.98. The average Bonchev–Trinajstić information content (AvgIpc) is 2.60. The summed E-state index contributed by atoms with van der Waals surface area (Å²) in [5.74, 6) is 5.65. The fourth-order valence-electron chi connectivity index (χ4n) is 6.89. The second kappa shape index (κ2) is 7.92. The van der Waals surface area contributed by atoms with Crippen molar-refractivity contribution in [2.75, 3.05) is 0 Å². The van der Waals surface area contributed by atoms with Crippen molar-refractivity contribution in [3.05, 3.63) is 33.9 Å². The average molecular weight is 369 g/mol. The van der Waals surface area contributed by atoms with Crippen LogP contribution in [0.5, 0.6) is 0 Å². The van der Waals surface area contributed by atoms with Gasteiger partial charge < -0.3 is 0 Å². The van der Waals surface area contributed by atoms with Gasteiger partial charge in [0.05, 0.1) is 0 Å². The van der Waals surface area contributed by atoms with Gasteiger partial charge >= 0.3 is 0 Å². The molecule has 0 nitrogen and oxygen atoms in total. The van der Waals surface area contributed by atoms with Crippen LogP contribution in [-0.2, 0) is 0 Å². The Morgan fingerprint density at radius 1 is 0.704 bits per heavy atom. The van der Waals surface area contributed by atoms with Gasteiger partial charge in [0.15, 0.2) is 0 Å². The van der Waals surface area contributed by atoms with Gasteiger partial charge in [-0.1, -0.05) is 103 Å². The molecule has 0 saturated carbocycles. The third-order valence-electron chi connectivity index (χ3n) is 8.27. The molecule has 0 aromatic heterocycles. The molecule has 3 rings (SSSR count). The summed E-state index contributed by atoms with van der Waals surface area (Å²) in [5, 5.41) is 0. The van der Waals surface area contributed by atoms with E-state index in [4.69, 9.17) is 0 Å². The second-order valence-corrected chi connectivity index (χ2v) is 10.7. The van der Waals surface area contributed by atoms with Crippen LogP contribution in [-0.4, -0.2) is 0 Å². The fraction of sp³-hybridized carbons (Fsp3) is 0.778. The van der Waals surface area contributed by atoms with E-state index in [0.717, 1.165) is 23.7 Å². The van der Waals surface area contributed by atoms with E-state index < -0.39 is 0 Å². The van der Waals surface area contributed by atoms with Crippen molar-refractivity contribution in [2.24, 2.45) is 47.3 Å². The van der Waals surface area contributed by atoms with E-state index in [0.29, 0.717) is 23.7 Å². The molecule has 0 bridgehead atoms. The normalized spacial score (nSPS) is 37.9. The molecule has 0 aromatic rings. The molecule has 27 heavy (non-hydrogen) atoms. The van der Waals surface area contributed by atoms with Crippen LogP contribution < -0.4 is 0 Å². The topological polar surface area (TPSA) is 0 Å². The minimum atomic E-state index is 0.614. The Labute approximate surface area is 169 Å². The number of hydrogen-bond donors (Lipinski definition) is 0. The first-order valence-electron chi connectivity index (χ1n) is 11.8. The SMILES string of the molecule is CC(C)CCC(C)C1=CC(C)C2=C(C1C)C(C)C1=C(C(C)CCC1C)C2C. The molecule has 0 heterocycles. The van der Waals surface area contributed by atoms with E-state index in [1.165, 1.54) is 25.7 Å². The van der Waals surface area contributed by atoms with Crippen molar-refractivity contribution in [3.8, 4) is 0 Å². The summed E-state index contributed by atoms with van der Waals surface area (Å²) in [7, 11) is 0. The third-order valence-corrected chi connectivity index (χ3v) is 8.27. The van der Waals surface area contributed by atoms with Crippen LogP contribution in [0.1, 0.15) is 88.0 Å². The van der Waals surface area contributed by atoms with Crippen LogP contribution in [0.25, 0.3) is 0 Å². The Balaban J connectivity index is 1.95. The van der Waals surface area contributed by atoms with E-state index >= 15 is 0 Å². The van der Waals surface area contributed by atoms with Crippen molar-refractivity contribution in [2.45, 2.75) is 88.0 Å². The first-order valence-corrected chi connectivity index (χ1v) is 11.8. The standard InChI is InChI=1S/C27H44/c1-15(2)10-11-16(3)23-14-19(6)26-21(8)24-17(4)12-13-18(5)25(24)22(9)27(26)20(23)7/h14-22H,10-13H2,1-9H3. The lowest BCUT2D eigenvalue weighted by Crippen LogP contribution is -2.36. The van der Waals surface area contributed by atoms with Gasteiger partial charge in [-0.3, -0.25) is 0 Å². The summed E-state index contributed by atoms with van der Waals surface area (Å²) in [4.78, 5) is 0. The van der Waals surface area contributed by atoms with Crippen LogP contribution in [0.3, 0.4) is 0 Å². The smallest absolute Gasteiger partial charge is 0.000674 e. The summed E-state index contributed by atoms with van der Waals surface area (Å²) < 4.78 is 0. The van der Waals surface area contributed by atoms with Crippen molar-refractivity contribution < 1.29 is 0 Å². The fourth-order valence-corrected chi connectivity index (χ4v) is 6.89. The zero-order chi connectivity index (χ0) is 20.0. The number of hydrogen-bond acceptors (Lipinski definition) is 0. The van der Waals surface area contributed by atoms with Gasteiger partial charge in [0.2, 0.25) is 0 Å². The predicted molar refractivity (Wildman–Crippen MR) is 120 cm³/mol. The lowest BCUT2D eigenvalue weighted by Gasteiger charge is -2.48. The molecule has 0 amide bonds. The molecule has 0 heteroatoms. The highest BCUT2D eigenvalue weighted by molar-refractivity contribution is 5.49. The van der Waals surface area contributed by atoms with Gasteiger partial charge in [0.1, 0.15) is 0 Å². The molecule has 3 aliphatic rings. The van der Waals surface area contributed by atoms with Crippen LogP contribution in [0.2, 0.25) is 0 Å². The monoisotopic (exact) mass is 368 g/mol. The van der Waals surface area contributed by atoms with Gasteiger partial charge in [-0.2, -0.15) is 0 Å². The second-order valence-electron chi connectivity index (χ2n) is 10.7. The van der Waals surface area contributed by atoms with Gasteiger partial charge in [-0.25, -0.2) is 0 Å². The van der Waals surface area contributed by atoms with Gasteiger partial charge in [0.25, 0.3) is 0 Å². The maximum Gasteiger partial charge on any atom is -0.000674 e. The summed E-state index contributed by atoms with van der Waals surface area (Å²) in [6.45, 7) is 22.2. The van der Waals surface area contributed by atoms with E-state index in [9.17, 15) is 0 Å². The molecule has 0 fully saturated rings. The molecule has 0 N–H and O–H groups in total. The summed E-state index contributed by atoms with van der Waals surface area (Å²) in [6.07, 6.45) is 8.13. The lowest BCUT2D eigenvalue weighted by atomic mass is 9.57. The van der Waals surface area contributed by atoms with Crippen molar-refractivity contribution in [3.63, 3.8) is 0 Å². The summed E-state index contributed by atoms with van der Waals surface area (Å²) in [6, 6.07) is 0.